The third kappa shape index (κ3) is 3.40. The van der Waals surface area contributed by atoms with Crippen LogP contribution >= 0.6 is 0 Å². The predicted molar refractivity (Wildman–Crippen MR) is 101 cm³/mol. The number of carbonyl (C=O) groups excluding carboxylic acids is 1. The second kappa shape index (κ2) is 7.05. The van der Waals surface area contributed by atoms with E-state index in [2.05, 4.69) is 31.2 Å². The number of nitrogens with one attached hydrogen (secondary N) is 1. The Kier molecular flexibility index (Phi) is 4.83. The van der Waals surface area contributed by atoms with Gasteiger partial charge < -0.3 is 5.32 Å². The molecule has 0 radical (unpaired) electrons. The molecule has 3 rings (SSSR count). The SMILES string of the molecule is CCC(C)NC(=O)c1cc(-c2ccccc2)nc2c1cnn2C(C)C. The molecule has 130 valence electrons. The molecular formula is C20H24N4O. The molecule has 1 atom stereocenters. The van der Waals surface area contributed by atoms with Crippen molar-refractivity contribution in [1.29, 1.82) is 0 Å². The van der Waals surface area contributed by atoms with E-state index in [4.69, 9.17) is 4.98 Å². The second-order valence-corrected chi connectivity index (χ2v) is 6.62. The number of pyridine rings is 1. The Labute approximate surface area is 148 Å². The third-order valence-corrected chi connectivity index (χ3v) is 4.36. The van der Waals surface area contributed by atoms with E-state index in [1.165, 1.54) is 0 Å². The molecule has 1 aromatic carbocycles. The summed E-state index contributed by atoms with van der Waals surface area (Å²) in [5, 5.41) is 8.28. The lowest BCUT2D eigenvalue weighted by atomic mass is 10.1. The van der Waals surface area contributed by atoms with Crippen molar-refractivity contribution in [2.45, 2.75) is 46.2 Å². The molecule has 0 aliphatic heterocycles. The topological polar surface area (TPSA) is 59.8 Å². The smallest absolute Gasteiger partial charge is 0.252 e. The fourth-order valence-corrected chi connectivity index (χ4v) is 2.74. The van der Waals surface area contributed by atoms with Gasteiger partial charge in [0.25, 0.3) is 5.91 Å². The highest BCUT2D eigenvalue weighted by atomic mass is 16.1. The normalized spacial score (nSPS) is 12.5. The van der Waals surface area contributed by atoms with Gasteiger partial charge in [-0.3, -0.25) is 4.79 Å². The van der Waals surface area contributed by atoms with Crippen LogP contribution in [0, 0.1) is 0 Å². The van der Waals surface area contributed by atoms with Crippen molar-refractivity contribution < 1.29 is 4.79 Å². The van der Waals surface area contributed by atoms with Crippen LogP contribution < -0.4 is 5.32 Å². The van der Waals surface area contributed by atoms with Crippen molar-refractivity contribution in [2.24, 2.45) is 0 Å². The first kappa shape index (κ1) is 17.1. The number of rotatable bonds is 5. The van der Waals surface area contributed by atoms with E-state index in [-0.39, 0.29) is 18.0 Å². The molecule has 0 saturated carbocycles. The second-order valence-electron chi connectivity index (χ2n) is 6.62. The number of fused-ring (bicyclic) bond motifs is 1. The van der Waals surface area contributed by atoms with Crippen LogP contribution in [0.3, 0.4) is 0 Å². The minimum absolute atomic E-state index is 0.0813. The quantitative estimate of drug-likeness (QED) is 0.759. The van der Waals surface area contributed by atoms with E-state index in [0.717, 1.165) is 28.7 Å². The zero-order chi connectivity index (χ0) is 18.0. The Morgan fingerprint density at radius 3 is 2.56 bits per heavy atom. The molecule has 0 fully saturated rings. The van der Waals surface area contributed by atoms with E-state index < -0.39 is 0 Å². The minimum atomic E-state index is -0.0813. The van der Waals surface area contributed by atoms with Crippen LogP contribution in [-0.4, -0.2) is 26.7 Å². The molecule has 25 heavy (non-hydrogen) atoms. The average molecular weight is 336 g/mol. The van der Waals surface area contributed by atoms with E-state index in [0.29, 0.717) is 5.56 Å². The summed E-state index contributed by atoms with van der Waals surface area (Å²) in [7, 11) is 0. The maximum atomic E-state index is 12.8. The zero-order valence-electron chi connectivity index (χ0n) is 15.2. The molecule has 1 unspecified atom stereocenters. The average Bonchev–Trinajstić information content (AvgIpc) is 3.05. The number of carbonyl (C=O) groups is 1. The van der Waals surface area contributed by atoms with Gasteiger partial charge >= 0.3 is 0 Å². The number of aromatic nitrogens is 3. The van der Waals surface area contributed by atoms with E-state index in [1.807, 2.05) is 48.0 Å². The first-order valence-electron chi connectivity index (χ1n) is 8.75. The van der Waals surface area contributed by atoms with Crippen LogP contribution in [0.1, 0.15) is 50.5 Å². The van der Waals surface area contributed by atoms with Crippen molar-refractivity contribution in [3.05, 3.63) is 48.2 Å². The van der Waals surface area contributed by atoms with Crippen molar-refractivity contribution >= 4 is 16.9 Å². The Bertz CT molecular complexity index is 883. The maximum absolute atomic E-state index is 12.8. The van der Waals surface area contributed by atoms with Crippen LogP contribution in [0.15, 0.2) is 42.6 Å². The van der Waals surface area contributed by atoms with Gasteiger partial charge in [-0.2, -0.15) is 5.10 Å². The molecule has 1 N–H and O–H groups in total. The Balaban J connectivity index is 2.18. The number of amides is 1. The first-order valence-corrected chi connectivity index (χ1v) is 8.75. The van der Waals surface area contributed by atoms with Gasteiger partial charge in [-0.15, -0.1) is 0 Å². The fourth-order valence-electron chi connectivity index (χ4n) is 2.74. The van der Waals surface area contributed by atoms with Crippen molar-refractivity contribution in [3.8, 4) is 11.3 Å². The summed E-state index contributed by atoms with van der Waals surface area (Å²) in [6.45, 7) is 8.18. The predicted octanol–water partition coefficient (Wildman–Crippen LogP) is 4.21. The van der Waals surface area contributed by atoms with Gasteiger partial charge in [-0.25, -0.2) is 9.67 Å². The summed E-state index contributed by atoms with van der Waals surface area (Å²) in [6.07, 6.45) is 2.62. The highest BCUT2D eigenvalue weighted by Gasteiger charge is 2.19. The van der Waals surface area contributed by atoms with Gasteiger partial charge in [0.2, 0.25) is 0 Å². The summed E-state index contributed by atoms with van der Waals surface area (Å²) >= 11 is 0. The maximum Gasteiger partial charge on any atom is 0.252 e. The molecule has 0 spiro atoms. The number of hydrogen-bond donors (Lipinski definition) is 1. The molecule has 3 aromatic rings. The van der Waals surface area contributed by atoms with Gasteiger partial charge in [-0.1, -0.05) is 37.3 Å². The molecule has 0 saturated heterocycles. The van der Waals surface area contributed by atoms with Gasteiger partial charge in [0.05, 0.1) is 22.8 Å². The largest absolute Gasteiger partial charge is 0.350 e. The van der Waals surface area contributed by atoms with E-state index in [9.17, 15) is 4.79 Å². The highest BCUT2D eigenvalue weighted by Crippen LogP contribution is 2.26. The monoisotopic (exact) mass is 336 g/mol. The summed E-state index contributed by atoms with van der Waals surface area (Å²) < 4.78 is 1.86. The number of benzene rings is 1. The number of nitrogens with zero attached hydrogens (tertiary/aromatic N) is 3. The van der Waals surface area contributed by atoms with Crippen LogP contribution in [0.25, 0.3) is 22.3 Å². The fraction of sp³-hybridized carbons (Fsp3) is 0.350. The highest BCUT2D eigenvalue weighted by molar-refractivity contribution is 6.06. The Morgan fingerprint density at radius 2 is 1.92 bits per heavy atom. The van der Waals surface area contributed by atoms with Gasteiger partial charge in [0.1, 0.15) is 0 Å². The minimum Gasteiger partial charge on any atom is -0.350 e. The first-order chi connectivity index (χ1) is 12.0. The molecule has 2 aromatic heterocycles. The third-order valence-electron chi connectivity index (χ3n) is 4.36. The Morgan fingerprint density at radius 1 is 1.20 bits per heavy atom. The standard InChI is InChI=1S/C20H24N4O/c1-5-14(4)22-20(25)16-11-18(15-9-7-6-8-10-15)23-19-17(16)12-21-24(19)13(2)3/h6-14H,5H2,1-4H3,(H,22,25). The zero-order valence-corrected chi connectivity index (χ0v) is 15.2. The summed E-state index contributed by atoms with van der Waals surface area (Å²) in [5.74, 6) is -0.0813. The van der Waals surface area contributed by atoms with Gasteiger partial charge in [0.15, 0.2) is 5.65 Å². The van der Waals surface area contributed by atoms with E-state index in [1.54, 1.807) is 6.20 Å². The molecule has 0 bridgehead atoms. The lowest BCUT2D eigenvalue weighted by Gasteiger charge is -2.14. The molecular weight excluding hydrogens is 312 g/mol. The molecule has 5 heteroatoms. The molecule has 5 nitrogen and oxygen atoms in total. The summed E-state index contributed by atoms with van der Waals surface area (Å²) in [4.78, 5) is 17.6. The molecule has 0 aliphatic rings. The van der Waals surface area contributed by atoms with Gasteiger partial charge in [-0.05, 0) is 33.3 Å². The van der Waals surface area contributed by atoms with Crippen molar-refractivity contribution in [3.63, 3.8) is 0 Å². The van der Waals surface area contributed by atoms with Crippen molar-refractivity contribution in [2.75, 3.05) is 0 Å². The number of hydrogen-bond acceptors (Lipinski definition) is 3. The van der Waals surface area contributed by atoms with Crippen LogP contribution in [-0.2, 0) is 0 Å². The molecule has 2 heterocycles. The lowest BCUT2D eigenvalue weighted by molar-refractivity contribution is 0.0941. The summed E-state index contributed by atoms with van der Waals surface area (Å²) in [6, 6.07) is 12.1. The molecule has 1 amide bonds. The van der Waals surface area contributed by atoms with Crippen LogP contribution in [0.4, 0.5) is 0 Å². The van der Waals surface area contributed by atoms with Crippen LogP contribution in [0.5, 0.6) is 0 Å². The Hall–Kier alpha value is -2.69. The lowest BCUT2D eigenvalue weighted by Crippen LogP contribution is -2.32. The van der Waals surface area contributed by atoms with Crippen molar-refractivity contribution in [1.82, 2.24) is 20.1 Å². The molecule has 0 aliphatic carbocycles. The summed E-state index contributed by atoms with van der Waals surface area (Å²) in [5.41, 5.74) is 3.13. The van der Waals surface area contributed by atoms with Gasteiger partial charge in [0, 0.05) is 17.6 Å². The van der Waals surface area contributed by atoms with Crippen LogP contribution in [0.2, 0.25) is 0 Å². The van der Waals surface area contributed by atoms with E-state index >= 15 is 0 Å².